The van der Waals surface area contributed by atoms with Crippen LogP contribution in [0.15, 0.2) is 40.5 Å². The molecule has 142 valence electrons. The number of imidazole rings is 1. The smallest absolute Gasteiger partial charge is 0.339 e. The van der Waals surface area contributed by atoms with Gasteiger partial charge in [0.1, 0.15) is 0 Å². The third-order valence-electron chi connectivity index (χ3n) is 3.68. The molecule has 0 aliphatic carbocycles. The van der Waals surface area contributed by atoms with E-state index in [-0.39, 0.29) is 22.0 Å². The van der Waals surface area contributed by atoms with E-state index < -0.39 is 28.5 Å². The van der Waals surface area contributed by atoms with Crippen LogP contribution < -0.4 is 10.9 Å². The van der Waals surface area contributed by atoms with Crippen LogP contribution >= 0.6 is 11.8 Å². The third-order valence-corrected chi connectivity index (χ3v) is 4.93. The molecule has 7 nitrogen and oxygen atoms in total. The van der Waals surface area contributed by atoms with Gasteiger partial charge in [-0.25, -0.2) is 9.97 Å². The second kappa shape index (κ2) is 7.43. The SMILES string of the molecule is CC[C@H](Sc1nc2nc[nH]c2c(=O)[nH]1)C(=O)Nc1ccccc1C(F)(F)F. The first kappa shape index (κ1) is 19.0. The lowest BCUT2D eigenvalue weighted by Crippen LogP contribution is -2.26. The van der Waals surface area contributed by atoms with Gasteiger partial charge in [-0.15, -0.1) is 0 Å². The number of anilines is 1. The summed E-state index contributed by atoms with van der Waals surface area (Å²) in [5.74, 6) is -0.621. The maximum absolute atomic E-state index is 13.1. The summed E-state index contributed by atoms with van der Waals surface area (Å²) in [5, 5.41) is 1.71. The molecule has 0 spiro atoms. The lowest BCUT2D eigenvalue weighted by molar-refractivity contribution is -0.137. The van der Waals surface area contributed by atoms with Gasteiger partial charge in [0.2, 0.25) is 5.91 Å². The Kier molecular flexibility index (Phi) is 5.22. The summed E-state index contributed by atoms with van der Waals surface area (Å²) in [5.41, 5.74) is -1.30. The van der Waals surface area contributed by atoms with Crippen LogP contribution in [0.5, 0.6) is 0 Å². The fourth-order valence-corrected chi connectivity index (χ4v) is 3.28. The maximum Gasteiger partial charge on any atom is 0.418 e. The standard InChI is InChI=1S/C16H14F3N5O2S/c1-2-10(27-15-23-12-11(14(26)24-15)20-7-21-12)13(25)22-9-6-4-3-5-8(9)16(17,18)19/h3-7,10H,2H2,1H3,(H,22,25)(H2,20,21,23,24,26)/t10-/m0/s1. The molecule has 2 heterocycles. The van der Waals surface area contributed by atoms with Crippen molar-refractivity contribution in [3.05, 3.63) is 46.5 Å². The first-order valence-electron chi connectivity index (χ1n) is 7.86. The van der Waals surface area contributed by atoms with Crippen molar-refractivity contribution in [1.82, 2.24) is 19.9 Å². The van der Waals surface area contributed by atoms with Gasteiger partial charge in [0, 0.05) is 0 Å². The summed E-state index contributed by atoms with van der Waals surface area (Å²) in [4.78, 5) is 37.6. The van der Waals surface area contributed by atoms with E-state index in [1.54, 1.807) is 6.92 Å². The number of carbonyl (C=O) groups is 1. The zero-order chi connectivity index (χ0) is 19.6. The van der Waals surface area contributed by atoms with E-state index >= 15 is 0 Å². The first-order chi connectivity index (χ1) is 12.8. The number of aromatic nitrogens is 4. The van der Waals surface area contributed by atoms with Crippen LogP contribution in [0.3, 0.4) is 0 Å². The molecule has 3 aromatic rings. The van der Waals surface area contributed by atoms with E-state index in [0.29, 0.717) is 6.42 Å². The van der Waals surface area contributed by atoms with Crippen molar-refractivity contribution in [2.24, 2.45) is 0 Å². The summed E-state index contributed by atoms with van der Waals surface area (Å²) >= 11 is 0.948. The average molecular weight is 397 g/mol. The minimum Gasteiger partial charge on any atom is -0.339 e. The lowest BCUT2D eigenvalue weighted by atomic mass is 10.1. The zero-order valence-corrected chi connectivity index (χ0v) is 14.7. The largest absolute Gasteiger partial charge is 0.418 e. The average Bonchev–Trinajstić information content (AvgIpc) is 3.08. The van der Waals surface area contributed by atoms with Gasteiger partial charge in [0.15, 0.2) is 16.3 Å². The first-order valence-corrected chi connectivity index (χ1v) is 8.74. The number of aromatic amines is 2. The molecule has 27 heavy (non-hydrogen) atoms. The molecule has 1 amide bonds. The molecule has 11 heteroatoms. The number of alkyl halides is 3. The molecule has 1 aromatic carbocycles. The number of H-pyrrole nitrogens is 2. The molecule has 0 unspecified atom stereocenters. The van der Waals surface area contributed by atoms with Crippen LogP contribution in [-0.2, 0) is 11.0 Å². The molecule has 0 radical (unpaired) electrons. The highest BCUT2D eigenvalue weighted by atomic mass is 32.2. The summed E-state index contributed by atoms with van der Waals surface area (Å²) in [6, 6.07) is 4.74. The molecular weight excluding hydrogens is 383 g/mol. The number of hydrogen-bond acceptors (Lipinski definition) is 5. The Morgan fingerprint density at radius 3 is 2.78 bits per heavy atom. The van der Waals surface area contributed by atoms with Crippen LogP contribution in [0.4, 0.5) is 18.9 Å². The van der Waals surface area contributed by atoms with E-state index in [1.807, 2.05) is 0 Å². The number of halogens is 3. The van der Waals surface area contributed by atoms with Crippen molar-refractivity contribution in [1.29, 1.82) is 0 Å². The van der Waals surface area contributed by atoms with Gasteiger partial charge in [0.25, 0.3) is 5.56 Å². The van der Waals surface area contributed by atoms with Crippen LogP contribution in [0.2, 0.25) is 0 Å². The molecule has 3 N–H and O–H groups in total. The topological polar surface area (TPSA) is 104 Å². The zero-order valence-electron chi connectivity index (χ0n) is 13.9. The molecule has 2 aromatic heterocycles. The van der Waals surface area contributed by atoms with Gasteiger partial charge in [-0.3, -0.25) is 14.6 Å². The number of nitrogens with one attached hydrogen (secondary N) is 3. The Morgan fingerprint density at radius 1 is 1.33 bits per heavy atom. The highest BCUT2D eigenvalue weighted by molar-refractivity contribution is 8.00. The molecule has 3 rings (SSSR count). The lowest BCUT2D eigenvalue weighted by Gasteiger charge is -2.17. The number of nitrogens with zero attached hydrogens (tertiary/aromatic N) is 2. The van der Waals surface area contributed by atoms with Crippen molar-refractivity contribution in [3.8, 4) is 0 Å². The predicted molar refractivity (Wildman–Crippen MR) is 94.5 cm³/mol. The number of thioether (sulfide) groups is 1. The monoisotopic (exact) mass is 397 g/mol. The Morgan fingerprint density at radius 2 is 2.07 bits per heavy atom. The van der Waals surface area contributed by atoms with Crippen molar-refractivity contribution < 1.29 is 18.0 Å². The second-order valence-corrected chi connectivity index (χ2v) is 6.71. The fourth-order valence-electron chi connectivity index (χ4n) is 2.39. The van der Waals surface area contributed by atoms with Crippen molar-refractivity contribution >= 4 is 34.5 Å². The van der Waals surface area contributed by atoms with E-state index in [0.717, 1.165) is 17.8 Å². The van der Waals surface area contributed by atoms with E-state index in [2.05, 4.69) is 25.3 Å². The van der Waals surface area contributed by atoms with Crippen LogP contribution in [0, 0.1) is 0 Å². The third kappa shape index (κ3) is 4.13. The van der Waals surface area contributed by atoms with Crippen molar-refractivity contribution in [2.45, 2.75) is 29.9 Å². The summed E-state index contributed by atoms with van der Waals surface area (Å²) in [6.07, 6.45) is -2.96. The number of benzene rings is 1. The minimum absolute atomic E-state index is 0.158. The molecule has 0 fully saturated rings. The van der Waals surface area contributed by atoms with Gasteiger partial charge >= 0.3 is 6.18 Å². The second-order valence-electron chi connectivity index (χ2n) is 5.52. The number of rotatable bonds is 5. The van der Waals surface area contributed by atoms with Gasteiger partial charge in [-0.1, -0.05) is 30.8 Å². The predicted octanol–water partition coefficient (Wildman–Crippen LogP) is 3.17. The number of carbonyl (C=O) groups excluding carboxylic acids is 1. The van der Waals surface area contributed by atoms with Crippen LogP contribution in [-0.4, -0.2) is 31.1 Å². The van der Waals surface area contributed by atoms with Gasteiger partial charge in [-0.05, 0) is 18.6 Å². The minimum atomic E-state index is -4.59. The summed E-state index contributed by atoms with van der Waals surface area (Å²) in [7, 11) is 0. The van der Waals surface area contributed by atoms with E-state index in [1.165, 1.54) is 24.5 Å². The maximum atomic E-state index is 13.1. The Balaban J connectivity index is 1.81. The molecular formula is C16H14F3N5O2S. The summed E-state index contributed by atoms with van der Waals surface area (Å²) in [6.45, 7) is 1.71. The van der Waals surface area contributed by atoms with Crippen LogP contribution in [0.1, 0.15) is 18.9 Å². The van der Waals surface area contributed by atoms with E-state index in [9.17, 15) is 22.8 Å². The Bertz CT molecular complexity index is 1030. The quantitative estimate of drug-likeness (QED) is 0.453. The number of fused-ring (bicyclic) bond motifs is 1. The van der Waals surface area contributed by atoms with Crippen molar-refractivity contribution in [2.75, 3.05) is 5.32 Å². The van der Waals surface area contributed by atoms with E-state index in [4.69, 9.17) is 0 Å². The molecule has 0 aliphatic rings. The highest BCUT2D eigenvalue weighted by Gasteiger charge is 2.34. The number of hydrogen-bond donors (Lipinski definition) is 3. The molecule has 0 aliphatic heterocycles. The van der Waals surface area contributed by atoms with Crippen molar-refractivity contribution in [3.63, 3.8) is 0 Å². The Labute approximate surface area is 154 Å². The molecule has 0 saturated carbocycles. The molecule has 0 bridgehead atoms. The van der Waals surface area contributed by atoms with Crippen LogP contribution in [0.25, 0.3) is 11.2 Å². The molecule has 1 atom stereocenters. The van der Waals surface area contributed by atoms with Gasteiger partial charge in [0.05, 0.1) is 22.8 Å². The number of para-hydroxylation sites is 1. The number of amides is 1. The summed E-state index contributed by atoms with van der Waals surface area (Å²) < 4.78 is 39.2. The molecule has 0 saturated heterocycles. The Hall–Kier alpha value is -2.82. The normalized spacial score (nSPS) is 12.9. The van der Waals surface area contributed by atoms with Gasteiger partial charge in [-0.2, -0.15) is 13.2 Å². The van der Waals surface area contributed by atoms with Gasteiger partial charge < -0.3 is 10.3 Å². The highest BCUT2D eigenvalue weighted by Crippen LogP contribution is 2.35. The fraction of sp³-hybridized carbons (Fsp3) is 0.250.